The number of hydrogen-bond donors (Lipinski definition) is 0. The van der Waals surface area contributed by atoms with Crippen molar-refractivity contribution in [2.45, 2.75) is 12.3 Å². The summed E-state index contributed by atoms with van der Waals surface area (Å²) in [6.45, 7) is 1.86. The minimum absolute atomic E-state index is 0.125. The molecule has 2 rings (SSSR count). The number of halogens is 1. The van der Waals surface area contributed by atoms with Crippen molar-refractivity contribution in [3.05, 3.63) is 24.3 Å². The van der Waals surface area contributed by atoms with Crippen LogP contribution in [0.15, 0.2) is 18.6 Å². The number of hydrogen-bond acceptors (Lipinski definition) is 3. The molecule has 2 heterocycles. The van der Waals surface area contributed by atoms with Gasteiger partial charge in [-0.15, -0.1) is 16.7 Å². The van der Waals surface area contributed by atoms with Gasteiger partial charge in [-0.1, -0.05) is 5.21 Å². The Labute approximate surface area is 86.3 Å². The third-order valence-electron chi connectivity index (χ3n) is 1.87. The lowest BCUT2D eigenvalue weighted by molar-refractivity contribution is 0.763. The monoisotopic (exact) mass is 211 g/mol. The number of nitrogens with zero attached hydrogens (tertiary/aromatic N) is 5. The summed E-state index contributed by atoms with van der Waals surface area (Å²) in [5.74, 6) is 0. The second-order valence-corrected chi connectivity index (χ2v) is 3.73. The lowest BCUT2D eigenvalue weighted by atomic mass is 10.4. The number of aromatic nitrogens is 5. The Bertz CT molecular complexity index is 430. The predicted molar refractivity (Wildman–Crippen MR) is 52.4 cm³/mol. The van der Waals surface area contributed by atoms with Crippen LogP contribution < -0.4 is 0 Å². The van der Waals surface area contributed by atoms with Crippen LogP contribution in [-0.2, 0) is 7.05 Å². The molecule has 1 atom stereocenters. The van der Waals surface area contributed by atoms with E-state index in [-0.39, 0.29) is 5.38 Å². The maximum atomic E-state index is 5.87. The Hall–Kier alpha value is -1.36. The molecule has 0 aliphatic heterocycles. The van der Waals surface area contributed by atoms with Gasteiger partial charge in [-0.25, -0.2) is 4.68 Å². The molecule has 2 aromatic rings. The topological polar surface area (TPSA) is 48.5 Å². The van der Waals surface area contributed by atoms with Crippen LogP contribution in [0, 0.1) is 0 Å². The van der Waals surface area contributed by atoms with Crippen LogP contribution in [-0.4, -0.2) is 24.8 Å². The Morgan fingerprint density at radius 1 is 1.43 bits per heavy atom. The molecule has 14 heavy (non-hydrogen) atoms. The van der Waals surface area contributed by atoms with Crippen molar-refractivity contribution in [3.8, 4) is 5.69 Å². The Morgan fingerprint density at radius 2 is 2.21 bits per heavy atom. The molecule has 74 valence electrons. The van der Waals surface area contributed by atoms with Crippen LogP contribution in [0.5, 0.6) is 0 Å². The fraction of sp³-hybridized carbons (Fsp3) is 0.375. The summed E-state index contributed by atoms with van der Waals surface area (Å²) in [5, 5.41) is 11.8. The smallest absolute Gasteiger partial charge is 0.104 e. The highest BCUT2D eigenvalue weighted by molar-refractivity contribution is 6.20. The van der Waals surface area contributed by atoms with Crippen molar-refractivity contribution in [3.63, 3.8) is 0 Å². The maximum Gasteiger partial charge on any atom is 0.104 e. The zero-order valence-corrected chi connectivity index (χ0v) is 8.68. The average Bonchev–Trinajstić information content (AvgIpc) is 2.70. The van der Waals surface area contributed by atoms with Crippen LogP contribution in [0.1, 0.15) is 18.0 Å². The maximum absolute atomic E-state index is 5.87. The molecule has 1 unspecified atom stereocenters. The minimum atomic E-state index is -0.125. The molecule has 0 aromatic carbocycles. The first-order valence-corrected chi connectivity index (χ1v) is 4.66. The van der Waals surface area contributed by atoms with Gasteiger partial charge in [-0.2, -0.15) is 5.10 Å². The molecule has 2 aromatic heterocycles. The molecule has 0 spiro atoms. The summed E-state index contributed by atoms with van der Waals surface area (Å²) in [6, 6.07) is 0. The van der Waals surface area contributed by atoms with Gasteiger partial charge in [0.1, 0.15) is 11.4 Å². The summed E-state index contributed by atoms with van der Waals surface area (Å²) >= 11 is 5.87. The molecule has 0 amide bonds. The molecule has 0 aliphatic rings. The second kappa shape index (κ2) is 3.42. The summed E-state index contributed by atoms with van der Waals surface area (Å²) in [5.41, 5.74) is 1.64. The first-order valence-electron chi connectivity index (χ1n) is 4.22. The van der Waals surface area contributed by atoms with Crippen molar-refractivity contribution >= 4 is 11.6 Å². The van der Waals surface area contributed by atoms with Crippen LogP contribution >= 0.6 is 11.6 Å². The van der Waals surface area contributed by atoms with Gasteiger partial charge in [0.25, 0.3) is 0 Å². The molecule has 0 N–H and O–H groups in total. The SMILES string of the molecule is CC(Cl)c1cn(-c2cnn(C)c2)nn1. The van der Waals surface area contributed by atoms with Gasteiger partial charge in [0.05, 0.1) is 24.0 Å². The number of aryl methyl sites for hydroxylation is 1. The van der Waals surface area contributed by atoms with Gasteiger partial charge in [0.15, 0.2) is 0 Å². The summed E-state index contributed by atoms with van der Waals surface area (Å²) < 4.78 is 3.36. The first kappa shape index (κ1) is 9.21. The van der Waals surface area contributed by atoms with E-state index in [1.165, 1.54) is 0 Å². The van der Waals surface area contributed by atoms with Gasteiger partial charge in [-0.05, 0) is 6.92 Å². The van der Waals surface area contributed by atoms with Crippen molar-refractivity contribution in [1.29, 1.82) is 0 Å². The standard InChI is InChI=1S/C8H10ClN5/c1-6(9)8-5-14(12-11-8)7-3-10-13(2)4-7/h3-6H,1-2H3. The van der Waals surface area contributed by atoms with Gasteiger partial charge in [0.2, 0.25) is 0 Å². The largest absolute Gasteiger partial charge is 0.274 e. The molecular formula is C8H10ClN5. The summed E-state index contributed by atoms with van der Waals surface area (Å²) in [6.07, 6.45) is 5.38. The lowest BCUT2D eigenvalue weighted by Crippen LogP contribution is -1.92. The van der Waals surface area contributed by atoms with E-state index < -0.39 is 0 Å². The third kappa shape index (κ3) is 1.63. The Kier molecular flexibility index (Phi) is 2.25. The highest BCUT2D eigenvalue weighted by Gasteiger charge is 2.08. The molecule has 0 aliphatic carbocycles. The zero-order valence-electron chi connectivity index (χ0n) is 7.92. The fourth-order valence-corrected chi connectivity index (χ4v) is 1.21. The predicted octanol–water partition coefficient (Wildman–Crippen LogP) is 1.30. The molecule has 0 saturated heterocycles. The lowest BCUT2D eigenvalue weighted by Gasteiger charge is -1.93. The summed E-state index contributed by atoms with van der Waals surface area (Å²) in [7, 11) is 1.85. The molecule has 0 saturated carbocycles. The van der Waals surface area contributed by atoms with E-state index in [4.69, 9.17) is 11.6 Å². The van der Waals surface area contributed by atoms with Crippen LogP contribution in [0.3, 0.4) is 0 Å². The van der Waals surface area contributed by atoms with Gasteiger partial charge in [-0.3, -0.25) is 4.68 Å². The Balaban J connectivity index is 2.33. The van der Waals surface area contributed by atoms with Crippen molar-refractivity contribution in [2.24, 2.45) is 7.05 Å². The fourth-order valence-electron chi connectivity index (χ4n) is 1.11. The molecule has 6 heteroatoms. The van der Waals surface area contributed by atoms with Gasteiger partial charge < -0.3 is 0 Å². The highest BCUT2D eigenvalue weighted by atomic mass is 35.5. The first-order chi connectivity index (χ1) is 6.66. The number of alkyl halides is 1. The van der Waals surface area contributed by atoms with Crippen molar-refractivity contribution < 1.29 is 0 Å². The molecule has 5 nitrogen and oxygen atoms in total. The second-order valence-electron chi connectivity index (χ2n) is 3.08. The molecular weight excluding hydrogens is 202 g/mol. The normalized spacial score (nSPS) is 13.1. The highest BCUT2D eigenvalue weighted by Crippen LogP contribution is 2.16. The van der Waals surface area contributed by atoms with Gasteiger partial charge in [0, 0.05) is 7.05 Å². The van der Waals surface area contributed by atoms with E-state index in [9.17, 15) is 0 Å². The quantitative estimate of drug-likeness (QED) is 0.704. The Morgan fingerprint density at radius 3 is 2.71 bits per heavy atom. The van der Waals surface area contributed by atoms with E-state index in [2.05, 4.69) is 15.4 Å². The third-order valence-corrected chi connectivity index (χ3v) is 2.10. The van der Waals surface area contributed by atoms with Crippen molar-refractivity contribution in [1.82, 2.24) is 24.8 Å². The van der Waals surface area contributed by atoms with Crippen LogP contribution in [0.4, 0.5) is 0 Å². The molecule has 0 radical (unpaired) electrons. The minimum Gasteiger partial charge on any atom is -0.274 e. The van der Waals surface area contributed by atoms with Crippen LogP contribution in [0.2, 0.25) is 0 Å². The zero-order chi connectivity index (χ0) is 10.1. The van der Waals surface area contributed by atoms with Crippen LogP contribution in [0.25, 0.3) is 5.69 Å². The van der Waals surface area contributed by atoms with E-state index in [0.717, 1.165) is 11.4 Å². The molecule has 0 bridgehead atoms. The summed E-state index contributed by atoms with van der Waals surface area (Å²) in [4.78, 5) is 0. The van der Waals surface area contributed by atoms with E-state index in [1.807, 2.05) is 20.2 Å². The van der Waals surface area contributed by atoms with E-state index in [0.29, 0.717) is 0 Å². The molecule has 0 fully saturated rings. The van der Waals surface area contributed by atoms with Gasteiger partial charge >= 0.3 is 0 Å². The van der Waals surface area contributed by atoms with Crippen molar-refractivity contribution in [2.75, 3.05) is 0 Å². The van der Waals surface area contributed by atoms with E-state index >= 15 is 0 Å². The van der Waals surface area contributed by atoms with E-state index in [1.54, 1.807) is 21.8 Å². The average molecular weight is 212 g/mol. The number of rotatable bonds is 2.